The predicted molar refractivity (Wildman–Crippen MR) is 130 cm³/mol. The Morgan fingerprint density at radius 3 is 2.40 bits per heavy atom. The molecule has 35 heavy (non-hydrogen) atoms. The number of nitrogens with zero attached hydrogens (tertiary/aromatic N) is 3. The van der Waals surface area contributed by atoms with Crippen LogP contribution in [0.3, 0.4) is 0 Å². The molecule has 3 aliphatic rings. The largest absolute Gasteiger partial charge is 0.493 e. The van der Waals surface area contributed by atoms with Crippen LogP contribution >= 0.6 is 27.5 Å². The van der Waals surface area contributed by atoms with Gasteiger partial charge < -0.3 is 9.47 Å². The van der Waals surface area contributed by atoms with E-state index in [0.29, 0.717) is 21.3 Å². The summed E-state index contributed by atoms with van der Waals surface area (Å²) in [6.07, 6.45) is 6.30. The van der Waals surface area contributed by atoms with E-state index in [0.717, 1.165) is 11.4 Å². The lowest BCUT2D eigenvalue weighted by atomic mass is 9.85. The van der Waals surface area contributed by atoms with E-state index in [2.05, 4.69) is 21.0 Å². The molecule has 11 heteroatoms. The van der Waals surface area contributed by atoms with E-state index in [-0.39, 0.29) is 58.6 Å². The van der Waals surface area contributed by atoms with Crippen LogP contribution in [-0.4, -0.2) is 35.1 Å². The first-order valence-electron chi connectivity index (χ1n) is 10.8. The Balaban J connectivity index is 1.35. The fourth-order valence-electron chi connectivity index (χ4n) is 4.97. The van der Waals surface area contributed by atoms with E-state index in [4.69, 9.17) is 21.1 Å². The third-order valence-corrected chi connectivity index (χ3v) is 8.11. The number of nitro groups is 1. The topological polar surface area (TPSA) is 111 Å². The number of methoxy groups -OCH3 is 1. The number of hydrogen-bond donors (Lipinski definition) is 0. The standard InChI is InChI=1S/C24H19BrClN3O6/c1-34-17-9-15(10-27-28-23(30)18-13-4-5-14(8-13)19(18)24(28)31)20(25)21(26)22(17)35-11-12-2-6-16(7-3-12)29(32)33/h2-7,9-10,13-14,18-19H,8,11H2,1H3/t13-,14-,18-,19+/m0/s1. The van der Waals surface area contributed by atoms with Crippen LogP contribution < -0.4 is 9.47 Å². The second-order valence-corrected chi connectivity index (χ2v) is 9.74. The third-order valence-electron chi connectivity index (χ3n) is 6.67. The number of imide groups is 1. The second-order valence-electron chi connectivity index (χ2n) is 8.57. The van der Waals surface area contributed by atoms with Gasteiger partial charge in [0.25, 0.3) is 17.5 Å². The average Bonchev–Trinajstić information content (AvgIpc) is 3.53. The quantitative estimate of drug-likeness (QED) is 0.159. The Labute approximate surface area is 213 Å². The minimum absolute atomic E-state index is 0.0155. The van der Waals surface area contributed by atoms with Crippen molar-refractivity contribution in [1.82, 2.24) is 5.01 Å². The van der Waals surface area contributed by atoms with Crippen LogP contribution in [0.25, 0.3) is 0 Å². The highest BCUT2D eigenvalue weighted by atomic mass is 79.9. The van der Waals surface area contributed by atoms with Gasteiger partial charge in [-0.15, -0.1) is 0 Å². The molecule has 1 heterocycles. The van der Waals surface area contributed by atoms with Crippen molar-refractivity contribution in [1.29, 1.82) is 0 Å². The summed E-state index contributed by atoms with van der Waals surface area (Å²) in [5, 5.41) is 16.2. The number of halogens is 2. The Hall–Kier alpha value is -3.24. The summed E-state index contributed by atoms with van der Waals surface area (Å²) in [4.78, 5) is 36.1. The van der Waals surface area contributed by atoms with Crippen molar-refractivity contribution in [2.45, 2.75) is 13.0 Å². The number of benzene rings is 2. The SMILES string of the molecule is COc1cc(C=NN2C(=O)[C@@H]3[C@H](C2=O)[C@H]2C=C[C@H]3C2)c(Br)c(Cl)c1OCc1ccc([N+](=O)[O-])cc1. The number of hydrogen-bond acceptors (Lipinski definition) is 7. The summed E-state index contributed by atoms with van der Waals surface area (Å²) in [6.45, 7) is 0.101. The van der Waals surface area contributed by atoms with E-state index in [1.807, 2.05) is 12.2 Å². The molecule has 0 spiro atoms. The molecule has 0 N–H and O–H groups in total. The van der Waals surface area contributed by atoms with Crippen LogP contribution in [0, 0.1) is 33.8 Å². The maximum Gasteiger partial charge on any atom is 0.269 e. The first-order chi connectivity index (χ1) is 16.8. The van der Waals surface area contributed by atoms with E-state index in [1.165, 1.54) is 25.5 Å². The molecule has 5 rings (SSSR count). The van der Waals surface area contributed by atoms with Crippen molar-refractivity contribution in [3.05, 3.63) is 73.2 Å². The summed E-state index contributed by atoms with van der Waals surface area (Å²) in [7, 11) is 1.46. The monoisotopic (exact) mass is 559 g/mol. The van der Waals surface area contributed by atoms with Gasteiger partial charge in [-0.1, -0.05) is 23.8 Å². The number of carbonyl (C=O) groups excluding carboxylic acids is 2. The molecule has 0 aromatic heterocycles. The van der Waals surface area contributed by atoms with Crippen LogP contribution in [0.1, 0.15) is 17.5 Å². The van der Waals surface area contributed by atoms with Gasteiger partial charge in [0.1, 0.15) is 11.6 Å². The molecule has 2 bridgehead atoms. The maximum atomic E-state index is 12.9. The molecule has 4 atom stereocenters. The lowest BCUT2D eigenvalue weighted by Crippen LogP contribution is -2.28. The number of hydrazone groups is 1. The lowest BCUT2D eigenvalue weighted by molar-refractivity contribution is -0.384. The van der Waals surface area contributed by atoms with Crippen molar-refractivity contribution in [3.63, 3.8) is 0 Å². The fraction of sp³-hybridized carbons (Fsp3) is 0.292. The van der Waals surface area contributed by atoms with Crippen molar-refractivity contribution in [2.75, 3.05) is 7.11 Å². The minimum atomic E-state index is -0.473. The van der Waals surface area contributed by atoms with Crippen LogP contribution in [0.5, 0.6) is 11.5 Å². The fourth-order valence-corrected chi connectivity index (χ4v) is 5.63. The first-order valence-corrected chi connectivity index (χ1v) is 12.0. The summed E-state index contributed by atoms with van der Waals surface area (Å²) >= 11 is 9.97. The molecule has 2 amide bonds. The molecule has 0 radical (unpaired) electrons. The van der Waals surface area contributed by atoms with Crippen molar-refractivity contribution >= 4 is 51.2 Å². The van der Waals surface area contributed by atoms with Crippen LogP contribution in [0.15, 0.2) is 52.1 Å². The molecule has 1 aliphatic heterocycles. The van der Waals surface area contributed by atoms with Crippen LogP contribution in [-0.2, 0) is 16.2 Å². The molecule has 1 saturated carbocycles. The summed E-state index contributed by atoms with van der Waals surface area (Å²) in [5.74, 6) is -0.402. The molecule has 2 fully saturated rings. The molecule has 9 nitrogen and oxygen atoms in total. The Bertz CT molecular complexity index is 1270. The third kappa shape index (κ3) is 4.00. The number of fused-ring (bicyclic) bond motifs is 5. The van der Waals surface area contributed by atoms with Gasteiger partial charge in [-0.25, -0.2) is 0 Å². The second kappa shape index (κ2) is 9.09. The zero-order chi connectivity index (χ0) is 24.9. The number of ether oxygens (including phenoxy) is 2. The maximum absolute atomic E-state index is 12.9. The molecular weight excluding hydrogens is 542 g/mol. The zero-order valence-corrected chi connectivity index (χ0v) is 20.7. The van der Waals surface area contributed by atoms with Crippen molar-refractivity contribution < 1.29 is 24.0 Å². The zero-order valence-electron chi connectivity index (χ0n) is 18.4. The van der Waals surface area contributed by atoms with Gasteiger partial charge in [0, 0.05) is 22.2 Å². The highest BCUT2D eigenvalue weighted by molar-refractivity contribution is 9.10. The van der Waals surface area contributed by atoms with Gasteiger partial charge in [0.05, 0.1) is 30.1 Å². The van der Waals surface area contributed by atoms with Gasteiger partial charge >= 0.3 is 0 Å². The normalized spacial score (nSPS) is 24.5. The predicted octanol–water partition coefficient (Wildman–Crippen LogP) is 4.74. The van der Waals surface area contributed by atoms with Crippen molar-refractivity contribution in [2.24, 2.45) is 28.8 Å². The van der Waals surface area contributed by atoms with Crippen LogP contribution in [0.2, 0.25) is 5.02 Å². The number of nitro benzene ring substituents is 1. The van der Waals surface area contributed by atoms with E-state index >= 15 is 0 Å². The number of non-ortho nitro benzene ring substituents is 1. The van der Waals surface area contributed by atoms with Crippen molar-refractivity contribution in [3.8, 4) is 11.5 Å². The summed E-state index contributed by atoms with van der Waals surface area (Å²) < 4.78 is 11.7. The lowest BCUT2D eigenvalue weighted by Gasteiger charge is -2.16. The molecule has 1 saturated heterocycles. The summed E-state index contributed by atoms with van der Waals surface area (Å²) in [5.41, 5.74) is 1.18. The highest BCUT2D eigenvalue weighted by Gasteiger charge is 2.59. The van der Waals surface area contributed by atoms with Gasteiger partial charge in [-0.05, 0) is 57.9 Å². The smallest absolute Gasteiger partial charge is 0.269 e. The summed E-state index contributed by atoms with van der Waals surface area (Å²) in [6, 6.07) is 7.60. The Morgan fingerprint density at radius 1 is 1.20 bits per heavy atom. The Kier molecular flexibility index (Phi) is 6.10. The number of amides is 2. The van der Waals surface area contributed by atoms with Crippen LogP contribution in [0.4, 0.5) is 5.69 Å². The van der Waals surface area contributed by atoms with Gasteiger partial charge in [-0.2, -0.15) is 10.1 Å². The Morgan fingerprint density at radius 2 is 1.83 bits per heavy atom. The molecule has 180 valence electrons. The minimum Gasteiger partial charge on any atom is -0.493 e. The molecule has 0 unspecified atom stereocenters. The average molecular weight is 561 g/mol. The molecular formula is C24H19BrClN3O6. The highest BCUT2D eigenvalue weighted by Crippen LogP contribution is 2.52. The number of carbonyl (C=O) groups is 2. The van der Waals surface area contributed by atoms with E-state index in [1.54, 1.807) is 18.2 Å². The molecule has 2 aromatic rings. The van der Waals surface area contributed by atoms with Gasteiger partial charge in [0.2, 0.25) is 0 Å². The van der Waals surface area contributed by atoms with E-state index < -0.39 is 4.92 Å². The number of rotatable bonds is 7. The number of allylic oxidation sites excluding steroid dienone is 2. The van der Waals surface area contributed by atoms with Gasteiger partial charge in [0.15, 0.2) is 11.5 Å². The first kappa shape index (κ1) is 23.5. The van der Waals surface area contributed by atoms with E-state index in [9.17, 15) is 19.7 Å². The molecule has 2 aliphatic carbocycles. The van der Waals surface area contributed by atoms with Gasteiger partial charge in [-0.3, -0.25) is 19.7 Å². The molecule has 2 aromatic carbocycles.